The predicted molar refractivity (Wildman–Crippen MR) is 170 cm³/mol. The summed E-state index contributed by atoms with van der Waals surface area (Å²) in [4.78, 5) is 30.0. The summed E-state index contributed by atoms with van der Waals surface area (Å²) in [5.74, 6) is 0.566. The van der Waals surface area contributed by atoms with Gasteiger partial charge in [-0.15, -0.1) is 0 Å². The molecule has 1 amide bonds. The lowest BCUT2D eigenvalue weighted by atomic mass is 9.82. The number of ketones is 1. The number of hydrogen-bond donors (Lipinski definition) is 2. The molecule has 44 heavy (non-hydrogen) atoms. The van der Waals surface area contributed by atoms with E-state index in [2.05, 4.69) is 27.1 Å². The van der Waals surface area contributed by atoms with Crippen molar-refractivity contribution in [2.45, 2.75) is 70.4 Å². The van der Waals surface area contributed by atoms with Gasteiger partial charge in [-0.1, -0.05) is 42.8 Å². The van der Waals surface area contributed by atoms with Gasteiger partial charge in [-0.3, -0.25) is 14.3 Å². The molecule has 2 aromatic carbocycles. The van der Waals surface area contributed by atoms with E-state index in [1.54, 1.807) is 0 Å². The molecule has 4 aromatic rings. The second-order valence-corrected chi connectivity index (χ2v) is 11.9. The maximum atomic E-state index is 13.8. The Morgan fingerprint density at radius 2 is 1.98 bits per heavy atom. The molecule has 3 N–H and O–H groups in total. The minimum atomic E-state index is -0.504. The van der Waals surface area contributed by atoms with E-state index in [1.165, 1.54) is 25.3 Å². The molecule has 9 heteroatoms. The number of hydrogen-bond acceptors (Lipinski definition) is 6. The van der Waals surface area contributed by atoms with Crippen LogP contribution in [0.4, 0.5) is 10.2 Å². The van der Waals surface area contributed by atoms with Crippen molar-refractivity contribution >= 4 is 34.5 Å². The van der Waals surface area contributed by atoms with Gasteiger partial charge in [0.15, 0.2) is 0 Å². The van der Waals surface area contributed by atoms with Crippen molar-refractivity contribution in [3.8, 4) is 17.0 Å². The van der Waals surface area contributed by atoms with Gasteiger partial charge in [0.2, 0.25) is 0 Å². The van der Waals surface area contributed by atoms with E-state index in [0.29, 0.717) is 36.1 Å². The Morgan fingerprint density at radius 1 is 1.14 bits per heavy atom. The van der Waals surface area contributed by atoms with Crippen LogP contribution in [0.25, 0.3) is 28.2 Å². The van der Waals surface area contributed by atoms with Crippen molar-refractivity contribution in [2.24, 2.45) is 5.92 Å². The smallest absolute Gasteiger partial charge is 0.255 e. The standard InChI is InChI=1S/C35H38FN5O3/c1-44-30-16-15-26(36)19-29(30)35(43)39-20-22-11-13-24(14-12-22)32-31-33-25(21-38-34(31)37)8-4-2-3-5-10-28(42)18-23-7-6-9-27(17-23)41(33)40-32/h4,8,11-16,19,21,23,27H,2-3,5-7,9-10,17-18,20H2,1H3,(H2,37,38)(H,39,43)/b8-4+/t23-,27-/m1/s1. The van der Waals surface area contributed by atoms with Crippen LogP contribution >= 0.6 is 0 Å². The zero-order valence-corrected chi connectivity index (χ0v) is 25.0. The number of fused-ring (bicyclic) bond motifs is 3. The summed E-state index contributed by atoms with van der Waals surface area (Å²) >= 11 is 0. The maximum absolute atomic E-state index is 13.8. The second kappa shape index (κ2) is 13.0. The van der Waals surface area contributed by atoms with Gasteiger partial charge in [-0.2, -0.15) is 5.10 Å². The van der Waals surface area contributed by atoms with Crippen LogP contribution in [0.3, 0.4) is 0 Å². The lowest BCUT2D eigenvalue weighted by Crippen LogP contribution is -2.23. The van der Waals surface area contributed by atoms with Crippen LogP contribution < -0.4 is 15.8 Å². The predicted octanol–water partition coefficient (Wildman–Crippen LogP) is 7.04. The molecule has 0 radical (unpaired) electrons. The third-order valence-corrected chi connectivity index (χ3v) is 8.86. The third-order valence-electron chi connectivity index (χ3n) is 8.86. The Labute approximate surface area is 256 Å². The molecular formula is C35H38FN5O3. The third kappa shape index (κ3) is 6.23. The molecule has 0 unspecified atom stereocenters. The number of amides is 1. The Hall–Kier alpha value is -4.53. The Morgan fingerprint density at radius 3 is 2.80 bits per heavy atom. The summed E-state index contributed by atoms with van der Waals surface area (Å²) in [5, 5.41) is 8.87. The van der Waals surface area contributed by atoms with Crippen molar-refractivity contribution in [3.05, 3.63) is 77.2 Å². The molecule has 6 rings (SSSR count). The number of nitrogen functional groups attached to an aromatic ring is 1. The van der Waals surface area contributed by atoms with Crippen LogP contribution in [0.1, 0.15) is 85.3 Å². The van der Waals surface area contributed by atoms with Gasteiger partial charge in [0.05, 0.1) is 29.6 Å². The fraction of sp³-hybridized carbons (Fsp3) is 0.371. The number of ether oxygens (including phenoxy) is 1. The molecule has 2 aromatic heterocycles. The SMILES string of the molecule is COc1ccc(F)cc1C(=O)NCc1ccc(-c2nn3c4c(cnc(N)c24)/C=C/CCCCC(=O)C[C@@H]2CCC[C@@H]3C2)cc1. The summed E-state index contributed by atoms with van der Waals surface area (Å²) in [6, 6.07) is 11.9. The van der Waals surface area contributed by atoms with Crippen LogP contribution in [0, 0.1) is 11.7 Å². The normalized spacial score (nSPS) is 19.7. The van der Waals surface area contributed by atoms with Gasteiger partial charge in [-0.05, 0) is 68.2 Å². The molecule has 228 valence electrons. The van der Waals surface area contributed by atoms with E-state index in [1.807, 2.05) is 30.5 Å². The minimum absolute atomic E-state index is 0.143. The van der Waals surface area contributed by atoms with Crippen LogP contribution in [0.5, 0.6) is 5.75 Å². The highest BCUT2D eigenvalue weighted by Gasteiger charge is 2.29. The van der Waals surface area contributed by atoms with Crippen molar-refractivity contribution < 1.29 is 18.7 Å². The molecule has 8 nitrogen and oxygen atoms in total. The van der Waals surface area contributed by atoms with Gasteiger partial charge in [0.1, 0.15) is 28.9 Å². The highest BCUT2D eigenvalue weighted by Crippen LogP contribution is 2.41. The van der Waals surface area contributed by atoms with Crippen molar-refractivity contribution in [2.75, 3.05) is 12.8 Å². The van der Waals surface area contributed by atoms with Gasteiger partial charge in [0, 0.05) is 36.7 Å². The van der Waals surface area contributed by atoms with Crippen LogP contribution in [0.15, 0.2) is 54.7 Å². The summed E-state index contributed by atoms with van der Waals surface area (Å²) < 4.78 is 21.1. The summed E-state index contributed by atoms with van der Waals surface area (Å²) in [5.41, 5.74) is 11.2. The Kier molecular flexibility index (Phi) is 8.72. The maximum Gasteiger partial charge on any atom is 0.255 e. The number of Topliss-reactive ketones (excluding diaryl/α,β-unsaturated/α-hetero) is 1. The second-order valence-electron chi connectivity index (χ2n) is 11.9. The number of pyridine rings is 1. The number of benzene rings is 2. The van der Waals surface area contributed by atoms with Crippen molar-refractivity contribution in [3.63, 3.8) is 0 Å². The van der Waals surface area contributed by atoms with E-state index in [0.717, 1.165) is 78.2 Å². The molecule has 1 fully saturated rings. The molecule has 1 aliphatic heterocycles. The molecule has 1 saturated carbocycles. The van der Waals surface area contributed by atoms with Crippen LogP contribution in [-0.2, 0) is 11.3 Å². The van der Waals surface area contributed by atoms with Crippen molar-refractivity contribution in [1.82, 2.24) is 20.1 Å². The number of nitrogens with two attached hydrogens (primary N) is 1. The molecular weight excluding hydrogens is 557 g/mol. The zero-order valence-electron chi connectivity index (χ0n) is 25.0. The van der Waals surface area contributed by atoms with E-state index >= 15 is 0 Å². The molecule has 3 heterocycles. The fourth-order valence-corrected chi connectivity index (χ4v) is 6.61. The molecule has 2 bridgehead atoms. The van der Waals surface area contributed by atoms with Crippen LogP contribution in [-0.4, -0.2) is 33.6 Å². The average molecular weight is 596 g/mol. The summed E-state index contributed by atoms with van der Waals surface area (Å²) in [6.45, 7) is 0.259. The monoisotopic (exact) mass is 595 g/mol. The molecule has 2 aliphatic rings. The first kappa shape index (κ1) is 29.5. The van der Waals surface area contributed by atoms with E-state index in [9.17, 15) is 14.0 Å². The Balaban J connectivity index is 1.32. The lowest BCUT2D eigenvalue weighted by Gasteiger charge is -2.30. The molecule has 0 spiro atoms. The molecule has 0 saturated heterocycles. The number of carbonyl (C=O) groups excluding carboxylic acids is 2. The number of anilines is 1. The van der Waals surface area contributed by atoms with Gasteiger partial charge in [-0.25, -0.2) is 9.37 Å². The first-order valence-corrected chi connectivity index (χ1v) is 15.5. The fourth-order valence-electron chi connectivity index (χ4n) is 6.61. The number of aromatic nitrogens is 3. The topological polar surface area (TPSA) is 112 Å². The largest absolute Gasteiger partial charge is 0.496 e. The number of nitrogens with one attached hydrogen (secondary N) is 1. The van der Waals surface area contributed by atoms with Crippen molar-refractivity contribution in [1.29, 1.82) is 0 Å². The minimum Gasteiger partial charge on any atom is -0.496 e. The highest BCUT2D eigenvalue weighted by molar-refractivity contribution is 6.03. The lowest BCUT2D eigenvalue weighted by molar-refractivity contribution is -0.120. The van der Waals surface area contributed by atoms with E-state index in [4.69, 9.17) is 15.6 Å². The van der Waals surface area contributed by atoms with E-state index < -0.39 is 11.7 Å². The number of rotatable bonds is 5. The number of allylic oxidation sites excluding steroid dienone is 1. The molecule has 1 aliphatic carbocycles. The van der Waals surface area contributed by atoms with Gasteiger partial charge < -0.3 is 15.8 Å². The van der Waals surface area contributed by atoms with Crippen LogP contribution in [0.2, 0.25) is 0 Å². The van der Waals surface area contributed by atoms with E-state index in [-0.39, 0.29) is 18.2 Å². The summed E-state index contributed by atoms with van der Waals surface area (Å²) in [6.07, 6.45) is 14.3. The number of carbonyl (C=O) groups is 2. The quantitative estimate of drug-likeness (QED) is 0.256. The number of halogens is 1. The number of nitrogens with zero attached hydrogens (tertiary/aromatic N) is 3. The first-order valence-electron chi connectivity index (χ1n) is 15.5. The number of methoxy groups -OCH3 is 1. The molecule has 2 atom stereocenters. The zero-order chi connectivity index (χ0) is 30.6. The first-order chi connectivity index (χ1) is 21.4. The van der Waals surface area contributed by atoms with Gasteiger partial charge >= 0.3 is 0 Å². The average Bonchev–Trinajstić information content (AvgIpc) is 3.44. The highest BCUT2D eigenvalue weighted by atomic mass is 19.1. The Bertz CT molecular complexity index is 1710. The van der Waals surface area contributed by atoms with Gasteiger partial charge in [0.25, 0.3) is 5.91 Å². The summed E-state index contributed by atoms with van der Waals surface area (Å²) in [7, 11) is 1.45.